The molecule has 0 radical (unpaired) electrons. The van der Waals surface area contributed by atoms with E-state index < -0.39 is 0 Å². The first-order valence-electron chi connectivity index (χ1n) is 6.62. The standard InChI is InChI=1S/C17H17FN2/c1-12(2)20-11-14-5-3-4-6-17(14)15-7-13(10-19)8-16(18)9-15/h3-9,12,20H,11H2,1-2H3. The summed E-state index contributed by atoms with van der Waals surface area (Å²) in [6, 6.07) is 14.7. The van der Waals surface area contributed by atoms with E-state index in [4.69, 9.17) is 5.26 Å². The van der Waals surface area contributed by atoms with Gasteiger partial charge in [-0.3, -0.25) is 0 Å². The molecule has 102 valence electrons. The van der Waals surface area contributed by atoms with Crippen molar-refractivity contribution in [1.82, 2.24) is 5.32 Å². The van der Waals surface area contributed by atoms with Gasteiger partial charge in [0, 0.05) is 12.6 Å². The van der Waals surface area contributed by atoms with Gasteiger partial charge in [-0.25, -0.2) is 4.39 Å². The lowest BCUT2D eigenvalue weighted by Crippen LogP contribution is -2.22. The molecule has 0 saturated carbocycles. The van der Waals surface area contributed by atoms with Crippen LogP contribution < -0.4 is 5.32 Å². The van der Waals surface area contributed by atoms with Crippen molar-refractivity contribution in [3.8, 4) is 17.2 Å². The number of nitrogens with zero attached hydrogens (tertiary/aromatic N) is 1. The van der Waals surface area contributed by atoms with Crippen LogP contribution in [0.3, 0.4) is 0 Å². The van der Waals surface area contributed by atoms with Gasteiger partial charge in [0.25, 0.3) is 0 Å². The van der Waals surface area contributed by atoms with Crippen molar-refractivity contribution < 1.29 is 4.39 Å². The Balaban J connectivity index is 2.42. The molecule has 0 spiro atoms. The fourth-order valence-corrected chi connectivity index (χ4v) is 2.08. The summed E-state index contributed by atoms with van der Waals surface area (Å²) in [5.74, 6) is -0.384. The molecule has 0 bridgehead atoms. The van der Waals surface area contributed by atoms with Gasteiger partial charge in [0.2, 0.25) is 0 Å². The van der Waals surface area contributed by atoms with Crippen LogP contribution >= 0.6 is 0 Å². The van der Waals surface area contributed by atoms with Crippen LogP contribution in [0.1, 0.15) is 25.0 Å². The number of rotatable bonds is 4. The lowest BCUT2D eigenvalue weighted by Gasteiger charge is -2.13. The fraction of sp³-hybridized carbons (Fsp3) is 0.235. The van der Waals surface area contributed by atoms with Crippen LogP contribution in [0.5, 0.6) is 0 Å². The molecule has 0 aliphatic heterocycles. The van der Waals surface area contributed by atoms with E-state index in [1.54, 1.807) is 6.07 Å². The first-order valence-corrected chi connectivity index (χ1v) is 6.62. The topological polar surface area (TPSA) is 35.8 Å². The summed E-state index contributed by atoms with van der Waals surface area (Å²) in [5, 5.41) is 12.3. The molecule has 2 aromatic rings. The van der Waals surface area contributed by atoms with Gasteiger partial charge < -0.3 is 5.32 Å². The van der Waals surface area contributed by atoms with E-state index in [1.807, 2.05) is 30.3 Å². The van der Waals surface area contributed by atoms with Crippen LogP contribution in [0, 0.1) is 17.1 Å². The molecule has 0 fully saturated rings. The van der Waals surface area contributed by atoms with E-state index in [9.17, 15) is 4.39 Å². The van der Waals surface area contributed by atoms with E-state index in [-0.39, 0.29) is 5.82 Å². The summed E-state index contributed by atoms with van der Waals surface area (Å²) in [6.45, 7) is 4.88. The Morgan fingerprint density at radius 3 is 2.65 bits per heavy atom. The lowest BCUT2D eigenvalue weighted by molar-refractivity contribution is 0.589. The monoisotopic (exact) mass is 268 g/mol. The highest BCUT2D eigenvalue weighted by Gasteiger charge is 2.08. The minimum Gasteiger partial charge on any atom is -0.310 e. The van der Waals surface area contributed by atoms with E-state index in [0.29, 0.717) is 18.2 Å². The summed E-state index contributed by atoms with van der Waals surface area (Å²) in [7, 11) is 0. The van der Waals surface area contributed by atoms with Crippen LogP contribution in [0.15, 0.2) is 42.5 Å². The summed E-state index contributed by atoms with van der Waals surface area (Å²) in [5.41, 5.74) is 3.13. The van der Waals surface area contributed by atoms with Gasteiger partial charge in [-0.05, 0) is 34.9 Å². The molecule has 0 unspecified atom stereocenters. The summed E-state index contributed by atoms with van der Waals surface area (Å²) in [4.78, 5) is 0. The smallest absolute Gasteiger partial charge is 0.125 e. The molecule has 0 saturated heterocycles. The predicted octanol–water partition coefficient (Wildman–Crippen LogP) is 3.86. The molecule has 2 rings (SSSR count). The van der Waals surface area contributed by atoms with Crippen molar-refractivity contribution >= 4 is 0 Å². The van der Waals surface area contributed by atoms with Gasteiger partial charge in [0.15, 0.2) is 0 Å². The lowest BCUT2D eigenvalue weighted by atomic mass is 9.98. The molecule has 20 heavy (non-hydrogen) atoms. The zero-order valence-corrected chi connectivity index (χ0v) is 11.7. The van der Waals surface area contributed by atoms with Gasteiger partial charge in [0.1, 0.15) is 5.82 Å². The van der Waals surface area contributed by atoms with Gasteiger partial charge in [-0.1, -0.05) is 38.1 Å². The van der Waals surface area contributed by atoms with Crippen molar-refractivity contribution in [3.05, 3.63) is 59.4 Å². The third kappa shape index (κ3) is 3.43. The second-order valence-electron chi connectivity index (χ2n) is 5.03. The summed E-state index contributed by atoms with van der Waals surface area (Å²) >= 11 is 0. The third-order valence-electron chi connectivity index (χ3n) is 3.06. The first kappa shape index (κ1) is 14.2. The Morgan fingerprint density at radius 2 is 1.95 bits per heavy atom. The van der Waals surface area contributed by atoms with Gasteiger partial charge in [0.05, 0.1) is 11.6 Å². The minimum absolute atomic E-state index is 0.339. The highest BCUT2D eigenvalue weighted by molar-refractivity contribution is 5.68. The number of nitriles is 1. The van der Waals surface area contributed by atoms with E-state index in [0.717, 1.165) is 16.7 Å². The van der Waals surface area contributed by atoms with E-state index in [2.05, 4.69) is 19.2 Å². The number of hydrogen-bond donors (Lipinski definition) is 1. The van der Waals surface area contributed by atoms with Crippen LogP contribution in [0.4, 0.5) is 4.39 Å². The van der Waals surface area contributed by atoms with Crippen LogP contribution in [0.25, 0.3) is 11.1 Å². The number of nitrogens with one attached hydrogen (secondary N) is 1. The predicted molar refractivity (Wildman–Crippen MR) is 78.5 cm³/mol. The largest absolute Gasteiger partial charge is 0.310 e. The van der Waals surface area contributed by atoms with Crippen LogP contribution in [-0.4, -0.2) is 6.04 Å². The first-order chi connectivity index (χ1) is 9.60. The van der Waals surface area contributed by atoms with E-state index >= 15 is 0 Å². The Bertz CT molecular complexity index is 642. The van der Waals surface area contributed by atoms with Gasteiger partial charge in [-0.15, -0.1) is 0 Å². The molecule has 2 nitrogen and oxygen atoms in total. The zero-order chi connectivity index (χ0) is 14.5. The second kappa shape index (κ2) is 6.31. The van der Waals surface area contributed by atoms with E-state index in [1.165, 1.54) is 12.1 Å². The molecule has 0 aliphatic rings. The van der Waals surface area contributed by atoms with Crippen molar-refractivity contribution in [3.63, 3.8) is 0 Å². The molecule has 0 aliphatic carbocycles. The molecular weight excluding hydrogens is 251 g/mol. The maximum Gasteiger partial charge on any atom is 0.125 e. The molecule has 3 heteroatoms. The highest BCUT2D eigenvalue weighted by atomic mass is 19.1. The summed E-state index contributed by atoms with van der Waals surface area (Å²) in [6.07, 6.45) is 0. The maximum absolute atomic E-state index is 13.6. The average molecular weight is 268 g/mol. The molecule has 0 amide bonds. The van der Waals surface area contributed by atoms with Crippen molar-refractivity contribution in [2.24, 2.45) is 0 Å². The Kier molecular flexibility index (Phi) is 4.49. The molecule has 2 aromatic carbocycles. The molecule has 0 aromatic heterocycles. The van der Waals surface area contributed by atoms with Crippen molar-refractivity contribution in [2.75, 3.05) is 0 Å². The Hall–Kier alpha value is -2.18. The number of hydrogen-bond acceptors (Lipinski definition) is 2. The fourth-order valence-electron chi connectivity index (χ4n) is 2.08. The maximum atomic E-state index is 13.6. The van der Waals surface area contributed by atoms with Crippen LogP contribution in [0.2, 0.25) is 0 Å². The molecular formula is C17H17FN2. The van der Waals surface area contributed by atoms with Crippen molar-refractivity contribution in [2.45, 2.75) is 26.4 Å². The number of halogens is 1. The number of benzene rings is 2. The quantitative estimate of drug-likeness (QED) is 0.914. The zero-order valence-electron chi connectivity index (χ0n) is 11.7. The molecule has 1 N–H and O–H groups in total. The summed E-state index contributed by atoms with van der Waals surface area (Å²) < 4.78 is 13.6. The minimum atomic E-state index is -0.384. The Morgan fingerprint density at radius 1 is 1.20 bits per heavy atom. The van der Waals surface area contributed by atoms with Gasteiger partial charge >= 0.3 is 0 Å². The SMILES string of the molecule is CC(C)NCc1ccccc1-c1cc(F)cc(C#N)c1. The van der Waals surface area contributed by atoms with Crippen molar-refractivity contribution in [1.29, 1.82) is 5.26 Å². The van der Waals surface area contributed by atoms with Gasteiger partial charge in [-0.2, -0.15) is 5.26 Å². The average Bonchev–Trinajstić information content (AvgIpc) is 2.44. The normalized spacial score (nSPS) is 10.6. The third-order valence-corrected chi connectivity index (χ3v) is 3.06. The highest BCUT2D eigenvalue weighted by Crippen LogP contribution is 2.25. The molecule has 0 heterocycles. The Labute approximate surface area is 118 Å². The second-order valence-corrected chi connectivity index (χ2v) is 5.03. The molecule has 0 atom stereocenters. The van der Waals surface area contributed by atoms with Crippen LogP contribution in [-0.2, 0) is 6.54 Å².